The molecule has 140 valence electrons. The highest BCUT2D eigenvalue weighted by Gasteiger charge is 2.15. The zero-order chi connectivity index (χ0) is 20.3. The Balaban J connectivity index is 1.95. The molecule has 0 aliphatic carbocycles. The fourth-order valence-electron chi connectivity index (χ4n) is 3.00. The van der Waals surface area contributed by atoms with E-state index in [1.54, 1.807) is 30.3 Å². The fraction of sp³-hybridized carbons (Fsp3) is 0.0909. The zero-order valence-corrected chi connectivity index (χ0v) is 16.8. The molecule has 3 aromatic rings. The monoisotopic (exact) mass is 409 g/mol. The lowest BCUT2D eigenvalue weighted by molar-refractivity contribution is -0.112. The van der Waals surface area contributed by atoms with Crippen molar-refractivity contribution in [2.45, 2.75) is 13.8 Å². The summed E-state index contributed by atoms with van der Waals surface area (Å²) in [5.74, 6) is -0.511. The van der Waals surface area contributed by atoms with Crippen molar-refractivity contribution in [1.29, 1.82) is 5.26 Å². The van der Waals surface area contributed by atoms with Crippen LogP contribution in [0.5, 0.6) is 0 Å². The molecule has 0 saturated carbocycles. The number of aryl methyl sites for hydroxylation is 1. The first-order chi connectivity index (χ1) is 13.4. The molecular weight excluding hydrogens is 393 g/mol. The summed E-state index contributed by atoms with van der Waals surface area (Å²) in [6, 6.07) is 18.3. The number of aromatic nitrogens is 1. The van der Waals surface area contributed by atoms with Crippen molar-refractivity contribution in [2.75, 3.05) is 5.32 Å². The first-order valence-electron chi connectivity index (χ1n) is 8.53. The van der Waals surface area contributed by atoms with Crippen LogP contribution in [0, 0.1) is 25.2 Å². The number of nitrogens with one attached hydrogen (secondary N) is 1. The Hall–Kier alpha value is -3.00. The minimum Gasteiger partial charge on any atom is -0.320 e. The summed E-state index contributed by atoms with van der Waals surface area (Å²) in [5.41, 5.74) is 4.02. The molecular formula is C22H17Cl2N3O. The third-order valence-corrected chi connectivity index (χ3v) is 4.89. The van der Waals surface area contributed by atoms with E-state index in [2.05, 4.69) is 5.32 Å². The van der Waals surface area contributed by atoms with Gasteiger partial charge in [0.25, 0.3) is 5.91 Å². The summed E-state index contributed by atoms with van der Waals surface area (Å²) in [6.45, 7) is 3.89. The number of carbonyl (C=O) groups excluding carboxylic acids is 1. The van der Waals surface area contributed by atoms with Crippen molar-refractivity contribution in [3.05, 3.63) is 87.2 Å². The number of hydrogen-bond acceptors (Lipinski definition) is 2. The Morgan fingerprint density at radius 3 is 2.54 bits per heavy atom. The maximum atomic E-state index is 12.5. The number of carbonyl (C=O) groups is 1. The van der Waals surface area contributed by atoms with Crippen LogP contribution < -0.4 is 5.32 Å². The van der Waals surface area contributed by atoms with Gasteiger partial charge < -0.3 is 9.88 Å². The van der Waals surface area contributed by atoms with Crippen molar-refractivity contribution in [2.24, 2.45) is 0 Å². The molecule has 28 heavy (non-hydrogen) atoms. The highest BCUT2D eigenvalue weighted by Crippen LogP contribution is 2.25. The highest BCUT2D eigenvalue weighted by molar-refractivity contribution is 6.34. The molecule has 0 spiro atoms. The van der Waals surface area contributed by atoms with Gasteiger partial charge in [-0.15, -0.1) is 0 Å². The van der Waals surface area contributed by atoms with Gasteiger partial charge in [-0.25, -0.2) is 0 Å². The first-order valence-corrected chi connectivity index (χ1v) is 9.29. The lowest BCUT2D eigenvalue weighted by Crippen LogP contribution is -2.13. The van der Waals surface area contributed by atoms with E-state index in [0.717, 1.165) is 22.6 Å². The maximum absolute atomic E-state index is 12.5. The number of rotatable bonds is 4. The minimum absolute atomic E-state index is 0.00809. The van der Waals surface area contributed by atoms with Crippen LogP contribution in [0.2, 0.25) is 10.0 Å². The van der Waals surface area contributed by atoms with Crippen LogP contribution in [0.3, 0.4) is 0 Å². The average Bonchev–Trinajstić information content (AvgIpc) is 2.94. The maximum Gasteiger partial charge on any atom is 0.266 e. The molecule has 0 atom stereocenters. The number of nitriles is 1. The van der Waals surface area contributed by atoms with Gasteiger partial charge in [-0.1, -0.05) is 41.4 Å². The van der Waals surface area contributed by atoms with Crippen LogP contribution in [-0.4, -0.2) is 10.5 Å². The Morgan fingerprint density at radius 2 is 1.86 bits per heavy atom. The van der Waals surface area contributed by atoms with Gasteiger partial charge in [0.2, 0.25) is 0 Å². The number of benzene rings is 2. The second-order valence-electron chi connectivity index (χ2n) is 6.25. The largest absolute Gasteiger partial charge is 0.320 e. The van der Waals surface area contributed by atoms with E-state index in [1.165, 1.54) is 0 Å². The average molecular weight is 410 g/mol. The van der Waals surface area contributed by atoms with Crippen molar-refractivity contribution in [1.82, 2.24) is 4.57 Å². The Morgan fingerprint density at radius 1 is 1.11 bits per heavy atom. The van der Waals surface area contributed by atoms with Crippen molar-refractivity contribution < 1.29 is 4.79 Å². The van der Waals surface area contributed by atoms with Crippen LogP contribution in [-0.2, 0) is 4.79 Å². The second kappa shape index (κ2) is 8.35. The van der Waals surface area contributed by atoms with Crippen LogP contribution in [0.25, 0.3) is 11.8 Å². The number of hydrogen-bond donors (Lipinski definition) is 1. The number of anilines is 1. The molecule has 0 bridgehead atoms. The number of para-hydroxylation sites is 1. The molecule has 0 unspecified atom stereocenters. The van der Waals surface area contributed by atoms with E-state index in [0.29, 0.717) is 15.7 Å². The lowest BCUT2D eigenvalue weighted by Gasteiger charge is -2.10. The molecule has 0 aliphatic heterocycles. The summed E-state index contributed by atoms with van der Waals surface area (Å²) in [4.78, 5) is 12.5. The summed E-state index contributed by atoms with van der Waals surface area (Å²) < 4.78 is 2.03. The number of nitrogens with zero attached hydrogens (tertiary/aromatic N) is 2. The molecule has 1 amide bonds. The van der Waals surface area contributed by atoms with Gasteiger partial charge >= 0.3 is 0 Å². The molecule has 1 aromatic heterocycles. The van der Waals surface area contributed by atoms with Gasteiger partial charge in [0.15, 0.2) is 0 Å². The molecule has 0 saturated heterocycles. The molecule has 0 fully saturated rings. The van der Waals surface area contributed by atoms with Gasteiger partial charge in [-0.3, -0.25) is 4.79 Å². The van der Waals surface area contributed by atoms with E-state index in [4.69, 9.17) is 23.2 Å². The van der Waals surface area contributed by atoms with E-state index < -0.39 is 5.91 Å². The molecule has 6 heteroatoms. The van der Waals surface area contributed by atoms with Crippen LogP contribution in [0.1, 0.15) is 17.0 Å². The quantitative estimate of drug-likeness (QED) is 0.427. The lowest BCUT2D eigenvalue weighted by atomic mass is 10.1. The molecule has 1 N–H and O–H groups in total. The van der Waals surface area contributed by atoms with Gasteiger partial charge in [0.05, 0.1) is 10.7 Å². The summed E-state index contributed by atoms with van der Waals surface area (Å²) in [7, 11) is 0. The molecule has 4 nitrogen and oxygen atoms in total. The third-order valence-electron chi connectivity index (χ3n) is 4.32. The molecule has 3 rings (SSSR count). The molecule has 2 aromatic carbocycles. The van der Waals surface area contributed by atoms with E-state index in [-0.39, 0.29) is 5.57 Å². The fourth-order valence-corrected chi connectivity index (χ4v) is 3.37. The Labute approximate surface area is 173 Å². The predicted octanol–water partition coefficient (Wildman–Crippen LogP) is 5.95. The van der Waals surface area contributed by atoms with Gasteiger partial charge in [-0.2, -0.15) is 5.26 Å². The first kappa shape index (κ1) is 19.8. The number of halogens is 2. The van der Waals surface area contributed by atoms with E-state index >= 15 is 0 Å². The highest BCUT2D eigenvalue weighted by atomic mass is 35.5. The Kier molecular flexibility index (Phi) is 5.89. The van der Waals surface area contributed by atoms with Crippen LogP contribution >= 0.6 is 23.2 Å². The van der Waals surface area contributed by atoms with Gasteiger partial charge in [0, 0.05) is 22.1 Å². The van der Waals surface area contributed by atoms with Gasteiger partial charge in [-0.05, 0) is 61.9 Å². The standard InChI is InChI=1S/C22H17Cl2N3O/c1-14-10-16(15(2)27(14)19-7-5-6-18(23)12-19)11-17(13-25)22(28)26-21-9-4-3-8-20(21)24/h3-12H,1-2H3,(H,26,28)/b17-11-. The molecule has 0 radical (unpaired) electrons. The summed E-state index contributed by atoms with van der Waals surface area (Å²) >= 11 is 12.2. The van der Waals surface area contributed by atoms with Gasteiger partial charge in [0.1, 0.15) is 11.6 Å². The second-order valence-corrected chi connectivity index (χ2v) is 7.09. The summed E-state index contributed by atoms with van der Waals surface area (Å²) in [5, 5.41) is 13.2. The number of amides is 1. The third kappa shape index (κ3) is 4.12. The predicted molar refractivity (Wildman–Crippen MR) is 114 cm³/mol. The molecule has 1 heterocycles. The van der Waals surface area contributed by atoms with E-state index in [9.17, 15) is 10.1 Å². The van der Waals surface area contributed by atoms with Crippen LogP contribution in [0.4, 0.5) is 5.69 Å². The normalized spacial score (nSPS) is 11.2. The van der Waals surface area contributed by atoms with Crippen molar-refractivity contribution >= 4 is 40.9 Å². The minimum atomic E-state index is -0.511. The smallest absolute Gasteiger partial charge is 0.266 e. The molecule has 0 aliphatic rings. The topological polar surface area (TPSA) is 57.8 Å². The van der Waals surface area contributed by atoms with E-state index in [1.807, 2.05) is 54.8 Å². The zero-order valence-electron chi connectivity index (χ0n) is 15.3. The van der Waals surface area contributed by atoms with Crippen molar-refractivity contribution in [3.8, 4) is 11.8 Å². The Bertz CT molecular complexity index is 1120. The summed E-state index contributed by atoms with van der Waals surface area (Å²) in [6.07, 6.45) is 1.58. The van der Waals surface area contributed by atoms with Crippen molar-refractivity contribution in [3.63, 3.8) is 0 Å². The van der Waals surface area contributed by atoms with Crippen LogP contribution in [0.15, 0.2) is 60.2 Å². The SMILES string of the molecule is Cc1cc(/C=C(/C#N)C(=O)Nc2ccccc2Cl)c(C)n1-c1cccc(Cl)c1.